The van der Waals surface area contributed by atoms with Crippen LogP contribution in [0.5, 0.6) is 0 Å². The van der Waals surface area contributed by atoms with Crippen molar-refractivity contribution in [3.63, 3.8) is 0 Å². The van der Waals surface area contributed by atoms with Crippen molar-refractivity contribution >= 4 is 23.2 Å². The van der Waals surface area contributed by atoms with Gasteiger partial charge in [0.1, 0.15) is 0 Å². The van der Waals surface area contributed by atoms with Crippen molar-refractivity contribution in [2.24, 2.45) is 0 Å². The fraction of sp³-hybridized carbons (Fsp3) is 0.417. The number of anilines is 1. The summed E-state index contributed by atoms with van der Waals surface area (Å²) in [6.45, 7) is 3.49. The fourth-order valence-electron chi connectivity index (χ4n) is 1.57. The van der Waals surface area contributed by atoms with Gasteiger partial charge >= 0.3 is 0 Å². The van der Waals surface area contributed by atoms with Crippen molar-refractivity contribution < 1.29 is 9.90 Å². The molecule has 0 radical (unpaired) electrons. The van der Waals surface area contributed by atoms with Crippen LogP contribution in [0.3, 0.4) is 0 Å². The molecule has 0 aromatic heterocycles. The molecule has 0 unspecified atom stereocenters. The highest BCUT2D eigenvalue weighted by molar-refractivity contribution is 6.36. The van der Waals surface area contributed by atoms with Gasteiger partial charge in [-0.15, -0.1) is 0 Å². The zero-order valence-electron chi connectivity index (χ0n) is 10.2. The number of rotatable bonds is 3. The summed E-state index contributed by atoms with van der Waals surface area (Å²) >= 11 is 5.97. The van der Waals surface area contributed by atoms with Gasteiger partial charge in [0.15, 0.2) is 0 Å². The minimum absolute atomic E-state index is 0.219. The number of carbonyl (C=O) groups is 1. The van der Waals surface area contributed by atoms with E-state index in [9.17, 15) is 9.90 Å². The van der Waals surface area contributed by atoms with Gasteiger partial charge in [0, 0.05) is 13.6 Å². The van der Waals surface area contributed by atoms with Gasteiger partial charge in [-0.1, -0.05) is 17.7 Å². The molecular weight excluding hydrogens is 240 g/mol. The van der Waals surface area contributed by atoms with Gasteiger partial charge in [-0.05, 0) is 26.0 Å². The quantitative estimate of drug-likeness (QED) is 0.810. The Morgan fingerprint density at radius 3 is 2.65 bits per heavy atom. The molecule has 0 heterocycles. The highest BCUT2D eigenvalue weighted by Crippen LogP contribution is 2.24. The molecule has 0 saturated carbocycles. The average Bonchev–Trinajstić information content (AvgIpc) is 2.18. The standard InChI is InChI=1S/C12H17ClN2O2/c1-12(2,17)7-15(3)11(16)8-5-4-6-9(14)10(8)13/h4-6,17H,7,14H2,1-3H3. The van der Waals surface area contributed by atoms with Crippen LogP contribution < -0.4 is 5.73 Å². The molecule has 1 aromatic carbocycles. The highest BCUT2D eigenvalue weighted by Gasteiger charge is 2.22. The summed E-state index contributed by atoms with van der Waals surface area (Å²) in [4.78, 5) is 13.5. The summed E-state index contributed by atoms with van der Waals surface area (Å²) in [5, 5.41) is 9.91. The Hall–Kier alpha value is -1.26. The van der Waals surface area contributed by atoms with Crippen molar-refractivity contribution in [1.82, 2.24) is 4.90 Å². The maximum absolute atomic E-state index is 12.1. The van der Waals surface area contributed by atoms with Crippen molar-refractivity contribution in [3.05, 3.63) is 28.8 Å². The molecule has 4 nitrogen and oxygen atoms in total. The zero-order chi connectivity index (χ0) is 13.2. The number of nitrogens with zero attached hydrogens (tertiary/aromatic N) is 1. The van der Waals surface area contributed by atoms with E-state index in [2.05, 4.69) is 0 Å². The van der Waals surface area contributed by atoms with Crippen LogP contribution in [0.1, 0.15) is 24.2 Å². The number of nitrogens with two attached hydrogens (primary N) is 1. The molecule has 0 aliphatic heterocycles. The summed E-state index contributed by atoms with van der Waals surface area (Å²) in [7, 11) is 1.61. The molecule has 1 amide bonds. The third-order valence-electron chi connectivity index (χ3n) is 2.23. The van der Waals surface area contributed by atoms with Crippen LogP contribution in [0.25, 0.3) is 0 Å². The van der Waals surface area contributed by atoms with Crippen LogP contribution in [0.4, 0.5) is 5.69 Å². The van der Waals surface area contributed by atoms with Crippen molar-refractivity contribution in [3.8, 4) is 0 Å². The predicted molar refractivity (Wildman–Crippen MR) is 69.1 cm³/mol. The normalized spacial score (nSPS) is 11.4. The third kappa shape index (κ3) is 3.61. The van der Waals surface area contributed by atoms with E-state index in [-0.39, 0.29) is 17.5 Å². The smallest absolute Gasteiger partial charge is 0.255 e. The number of nitrogen functional groups attached to an aromatic ring is 1. The Morgan fingerprint density at radius 2 is 2.12 bits per heavy atom. The van der Waals surface area contributed by atoms with E-state index in [0.29, 0.717) is 11.3 Å². The van der Waals surface area contributed by atoms with Crippen LogP contribution in [-0.4, -0.2) is 35.1 Å². The predicted octanol–water partition coefficient (Wildman–Crippen LogP) is 1.77. The van der Waals surface area contributed by atoms with Gasteiger partial charge in [-0.2, -0.15) is 0 Å². The molecule has 0 aliphatic carbocycles. The molecule has 1 aromatic rings. The number of benzene rings is 1. The number of halogens is 1. The Kier molecular flexibility index (Phi) is 4.01. The highest BCUT2D eigenvalue weighted by atomic mass is 35.5. The van der Waals surface area contributed by atoms with Gasteiger partial charge < -0.3 is 15.7 Å². The summed E-state index contributed by atoms with van der Waals surface area (Å²) < 4.78 is 0. The summed E-state index contributed by atoms with van der Waals surface area (Å²) in [5.41, 5.74) is 5.40. The lowest BCUT2D eigenvalue weighted by atomic mass is 10.1. The Bertz CT molecular complexity index is 427. The zero-order valence-corrected chi connectivity index (χ0v) is 11.0. The van der Waals surface area contributed by atoms with Crippen molar-refractivity contribution in [1.29, 1.82) is 0 Å². The van der Waals surface area contributed by atoms with Crippen LogP contribution in [-0.2, 0) is 0 Å². The first kappa shape index (κ1) is 13.8. The number of amides is 1. The Morgan fingerprint density at radius 1 is 1.53 bits per heavy atom. The van der Waals surface area contributed by atoms with Gasteiger partial charge in [-0.3, -0.25) is 4.79 Å². The van der Waals surface area contributed by atoms with Crippen molar-refractivity contribution in [2.75, 3.05) is 19.3 Å². The van der Waals surface area contributed by atoms with E-state index >= 15 is 0 Å². The molecule has 0 aliphatic rings. The molecule has 0 bridgehead atoms. The summed E-state index contributed by atoms with van der Waals surface area (Å²) in [6.07, 6.45) is 0. The molecule has 0 fully saturated rings. The van der Waals surface area contributed by atoms with Crippen LogP contribution in [0, 0.1) is 0 Å². The second-order valence-corrected chi connectivity index (χ2v) is 5.06. The number of hydrogen-bond acceptors (Lipinski definition) is 3. The maximum Gasteiger partial charge on any atom is 0.255 e. The topological polar surface area (TPSA) is 66.6 Å². The molecule has 5 heteroatoms. The average molecular weight is 257 g/mol. The first-order chi connectivity index (χ1) is 7.72. The monoisotopic (exact) mass is 256 g/mol. The van der Waals surface area contributed by atoms with Crippen molar-refractivity contribution in [2.45, 2.75) is 19.4 Å². The van der Waals surface area contributed by atoms with E-state index in [1.165, 1.54) is 4.90 Å². The summed E-state index contributed by atoms with van der Waals surface area (Å²) in [6, 6.07) is 4.92. The van der Waals surface area contributed by atoms with E-state index < -0.39 is 5.60 Å². The van der Waals surface area contributed by atoms with Gasteiger partial charge in [0.25, 0.3) is 5.91 Å². The first-order valence-electron chi connectivity index (χ1n) is 5.24. The Balaban J connectivity index is 2.93. The lowest BCUT2D eigenvalue weighted by Gasteiger charge is -2.26. The lowest BCUT2D eigenvalue weighted by molar-refractivity contribution is 0.0368. The minimum Gasteiger partial charge on any atom is -0.398 e. The molecule has 17 heavy (non-hydrogen) atoms. The number of carbonyl (C=O) groups excluding carboxylic acids is 1. The molecule has 1 rings (SSSR count). The van der Waals surface area contributed by atoms with E-state index in [1.54, 1.807) is 39.1 Å². The van der Waals surface area contributed by atoms with E-state index in [0.717, 1.165) is 0 Å². The second kappa shape index (κ2) is 4.94. The molecule has 0 atom stereocenters. The second-order valence-electron chi connectivity index (χ2n) is 4.68. The van der Waals surface area contributed by atoms with Crippen LogP contribution >= 0.6 is 11.6 Å². The third-order valence-corrected chi connectivity index (χ3v) is 2.65. The van der Waals surface area contributed by atoms with Gasteiger partial charge in [0.2, 0.25) is 0 Å². The summed E-state index contributed by atoms with van der Waals surface area (Å²) in [5.74, 6) is -0.260. The SMILES string of the molecule is CN(CC(C)(C)O)C(=O)c1cccc(N)c1Cl. The van der Waals surface area contributed by atoms with Crippen LogP contribution in [0.2, 0.25) is 5.02 Å². The van der Waals surface area contributed by atoms with Gasteiger partial charge in [0.05, 0.1) is 21.9 Å². The molecule has 3 N–H and O–H groups in total. The minimum atomic E-state index is -0.947. The maximum atomic E-state index is 12.1. The first-order valence-corrected chi connectivity index (χ1v) is 5.62. The molecule has 0 spiro atoms. The molecular formula is C12H17ClN2O2. The Labute approximate surface area is 106 Å². The molecule has 94 valence electrons. The van der Waals surface area contributed by atoms with E-state index in [4.69, 9.17) is 17.3 Å². The fourth-order valence-corrected chi connectivity index (χ4v) is 1.78. The van der Waals surface area contributed by atoms with E-state index in [1.807, 2.05) is 0 Å². The number of likely N-dealkylation sites (N-methyl/N-ethyl adjacent to an activating group) is 1. The van der Waals surface area contributed by atoms with Crippen LogP contribution in [0.15, 0.2) is 18.2 Å². The molecule has 0 saturated heterocycles. The van der Waals surface area contributed by atoms with Gasteiger partial charge in [-0.25, -0.2) is 0 Å². The largest absolute Gasteiger partial charge is 0.398 e. The lowest BCUT2D eigenvalue weighted by Crippen LogP contribution is -2.39. The number of hydrogen-bond donors (Lipinski definition) is 2. The number of aliphatic hydroxyl groups is 1.